The van der Waals surface area contributed by atoms with Crippen LogP contribution in [0.2, 0.25) is 0 Å². The number of carbonyl (C=O) groups excluding carboxylic acids is 1. The molecule has 2 aliphatic rings. The first-order valence-electron chi connectivity index (χ1n) is 7.69. The van der Waals surface area contributed by atoms with Gasteiger partial charge in [-0.25, -0.2) is 15.2 Å². The normalized spacial score (nSPS) is 24.8. The lowest BCUT2D eigenvalue weighted by Gasteiger charge is -2.43. The summed E-state index contributed by atoms with van der Waals surface area (Å²) in [6.45, 7) is 3.50. The summed E-state index contributed by atoms with van der Waals surface area (Å²) in [6, 6.07) is 0.0229. The molecular weight excluding hydrogens is 366 g/mol. The van der Waals surface area contributed by atoms with Gasteiger partial charge in [-0.05, 0) is 13.8 Å². The Morgan fingerprint density at radius 3 is 2.92 bits per heavy atom. The molecule has 0 bridgehead atoms. The molecule has 3 rings (SSSR count). The largest absolute Gasteiger partial charge is 0.477 e. The summed E-state index contributed by atoms with van der Waals surface area (Å²) in [4.78, 5) is 31.9. The zero-order valence-corrected chi connectivity index (χ0v) is 15.2. The molecule has 3 heterocycles. The number of hydrazine groups is 1. The van der Waals surface area contributed by atoms with E-state index < -0.39 is 18.0 Å². The monoisotopic (exact) mass is 385 g/mol. The number of aliphatic hydroxyl groups excluding tert-OH is 1. The van der Waals surface area contributed by atoms with Gasteiger partial charge in [-0.15, -0.1) is 11.8 Å². The van der Waals surface area contributed by atoms with Crippen molar-refractivity contribution in [1.29, 1.82) is 0 Å². The molecule has 1 saturated heterocycles. The van der Waals surface area contributed by atoms with Gasteiger partial charge in [-0.1, -0.05) is 11.8 Å². The number of nitrogens with one attached hydrogen (secondary N) is 3. The number of H-pyrrole nitrogens is 1. The number of aliphatic hydroxyl groups is 1. The first-order chi connectivity index (χ1) is 11.9. The van der Waals surface area contributed by atoms with Gasteiger partial charge in [0.1, 0.15) is 5.37 Å². The van der Waals surface area contributed by atoms with E-state index in [-0.39, 0.29) is 23.0 Å². The van der Waals surface area contributed by atoms with Crippen LogP contribution >= 0.6 is 23.5 Å². The summed E-state index contributed by atoms with van der Waals surface area (Å²) in [7, 11) is 0. The maximum atomic E-state index is 12.1. The number of nitrogens with zero attached hydrogens (tertiary/aromatic N) is 2. The van der Waals surface area contributed by atoms with Crippen LogP contribution < -0.4 is 10.9 Å². The molecule has 5 N–H and O–H groups in total. The molecule has 1 fully saturated rings. The lowest BCUT2D eigenvalue weighted by molar-refractivity contribution is -0.156. The van der Waals surface area contributed by atoms with Gasteiger partial charge in [0, 0.05) is 24.2 Å². The summed E-state index contributed by atoms with van der Waals surface area (Å²) >= 11 is 2.72. The minimum atomic E-state index is -1.12. The number of aromatic nitrogens is 2. The molecule has 0 radical (unpaired) electrons. The minimum Gasteiger partial charge on any atom is -0.477 e. The number of carboxylic acids is 1. The molecule has 1 amide bonds. The van der Waals surface area contributed by atoms with Gasteiger partial charge >= 0.3 is 5.97 Å². The zero-order chi connectivity index (χ0) is 18.1. The Balaban J connectivity index is 1.59. The van der Waals surface area contributed by atoms with Crippen molar-refractivity contribution in [3.63, 3.8) is 0 Å². The summed E-state index contributed by atoms with van der Waals surface area (Å²) < 4.78 is 0.598. The van der Waals surface area contributed by atoms with Crippen LogP contribution in [-0.2, 0) is 9.59 Å². The van der Waals surface area contributed by atoms with Crippen LogP contribution in [0.1, 0.15) is 13.8 Å². The second-order valence-corrected chi connectivity index (χ2v) is 8.26. The molecule has 1 aromatic rings. The van der Waals surface area contributed by atoms with E-state index in [1.807, 2.05) is 6.92 Å². The summed E-state index contributed by atoms with van der Waals surface area (Å²) in [5.74, 6) is -0.808. The predicted octanol–water partition coefficient (Wildman–Crippen LogP) is 0.614. The molecule has 11 heteroatoms. The average molecular weight is 385 g/mol. The van der Waals surface area contributed by atoms with Crippen molar-refractivity contribution in [2.45, 2.75) is 31.4 Å². The third-order valence-corrected chi connectivity index (χ3v) is 6.79. The van der Waals surface area contributed by atoms with Gasteiger partial charge in [0.05, 0.1) is 16.3 Å². The highest BCUT2D eigenvalue weighted by atomic mass is 32.2. The van der Waals surface area contributed by atoms with E-state index in [0.29, 0.717) is 15.9 Å². The number of hydrogen-bond acceptors (Lipinski definition) is 8. The van der Waals surface area contributed by atoms with Crippen molar-refractivity contribution < 1.29 is 19.8 Å². The summed E-state index contributed by atoms with van der Waals surface area (Å²) in [5.41, 5.74) is 6.01. The fourth-order valence-corrected chi connectivity index (χ4v) is 5.52. The second kappa shape index (κ2) is 7.28. The van der Waals surface area contributed by atoms with Gasteiger partial charge in [0.15, 0.2) is 5.70 Å². The number of amides is 1. The molecule has 2 aliphatic heterocycles. The Labute approximate surface area is 152 Å². The van der Waals surface area contributed by atoms with Crippen LogP contribution in [0.3, 0.4) is 0 Å². The number of aromatic amines is 1. The lowest BCUT2D eigenvalue weighted by Crippen LogP contribution is -2.60. The Hall–Kier alpha value is -1.69. The van der Waals surface area contributed by atoms with E-state index in [0.717, 1.165) is 0 Å². The highest BCUT2D eigenvalue weighted by molar-refractivity contribution is 8.22. The van der Waals surface area contributed by atoms with E-state index in [4.69, 9.17) is 0 Å². The Morgan fingerprint density at radius 2 is 2.32 bits per heavy atom. The highest BCUT2D eigenvalue weighted by Crippen LogP contribution is 2.53. The first kappa shape index (κ1) is 18.1. The number of fused-ring (bicyclic) bond motifs is 1. The third-order valence-electron chi connectivity index (χ3n) is 3.87. The maximum absolute atomic E-state index is 12.1. The Bertz CT molecular complexity index is 693. The second-order valence-electron chi connectivity index (χ2n) is 5.84. The van der Waals surface area contributed by atoms with Crippen LogP contribution in [0.5, 0.6) is 0 Å². The fourth-order valence-electron chi connectivity index (χ4n) is 2.62. The lowest BCUT2D eigenvalue weighted by atomic mass is 9.92. The van der Waals surface area contributed by atoms with Crippen LogP contribution in [-0.4, -0.2) is 60.2 Å². The number of thioether (sulfide) groups is 2. The molecule has 0 aliphatic carbocycles. The molecule has 0 spiro atoms. The number of carbonyl (C=O) groups is 2. The molecule has 4 atom stereocenters. The fraction of sp³-hybridized carbons (Fsp3) is 0.500. The number of β-lactam (4-membered cyclic amide) rings is 1. The molecule has 136 valence electrons. The average Bonchev–Trinajstić information content (AvgIpc) is 3.16. The van der Waals surface area contributed by atoms with Crippen molar-refractivity contribution in [1.82, 2.24) is 20.3 Å². The highest BCUT2D eigenvalue weighted by Gasteiger charge is 2.57. The van der Waals surface area contributed by atoms with Crippen molar-refractivity contribution in [2.24, 2.45) is 5.92 Å². The maximum Gasteiger partial charge on any atom is 0.354 e. The first-order valence-corrected chi connectivity index (χ1v) is 9.55. The van der Waals surface area contributed by atoms with Gasteiger partial charge in [-0.3, -0.25) is 15.1 Å². The quantitative estimate of drug-likeness (QED) is 0.323. The van der Waals surface area contributed by atoms with Gasteiger partial charge in [0.2, 0.25) is 11.9 Å². The minimum absolute atomic E-state index is 0.0214. The summed E-state index contributed by atoms with van der Waals surface area (Å²) in [5, 5.41) is 18.9. The van der Waals surface area contributed by atoms with E-state index >= 15 is 0 Å². The molecule has 2 unspecified atom stereocenters. The molecular formula is C14H19N5O4S2. The number of rotatable bonds is 8. The van der Waals surface area contributed by atoms with E-state index in [1.54, 1.807) is 19.3 Å². The number of carboxylic acid groups (broad SMARTS) is 1. The van der Waals surface area contributed by atoms with Crippen LogP contribution in [0.4, 0.5) is 5.95 Å². The van der Waals surface area contributed by atoms with Gasteiger partial charge in [0.25, 0.3) is 0 Å². The molecule has 9 nitrogen and oxygen atoms in total. The van der Waals surface area contributed by atoms with Crippen LogP contribution in [0, 0.1) is 5.92 Å². The topological polar surface area (TPSA) is 131 Å². The smallest absolute Gasteiger partial charge is 0.354 e. The SMILES string of the molecule is CC(CSC1=C(C(=O)O)N2C(=O)[C@H](C(C)O)[C@H]2S1)NNc1ncc[nH]1. The predicted molar refractivity (Wildman–Crippen MR) is 95.3 cm³/mol. The molecule has 0 aromatic carbocycles. The van der Waals surface area contributed by atoms with Crippen LogP contribution in [0.15, 0.2) is 22.3 Å². The van der Waals surface area contributed by atoms with Crippen molar-refractivity contribution in [2.75, 3.05) is 11.2 Å². The van der Waals surface area contributed by atoms with Crippen molar-refractivity contribution >= 4 is 41.3 Å². The van der Waals surface area contributed by atoms with Gasteiger partial charge in [-0.2, -0.15) is 0 Å². The molecule has 1 aromatic heterocycles. The van der Waals surface area contributed by atoms with Crippen molar-refractivity contribution in [3.05, 3.63) is 22.3 Å². The Kier molecular flexibility index (Phi) is 5.27. The third kappa shape index (κ3) is 3.50. The number of imidazole rings is 1. The molecule has 0 saturated carbocycles. The number of hydrogen-bond donors (Lipinski definition) is 5. The standard InChI is InChI=1S/C14H19N5O4S2/c1-6(17-18-14-15-3-4-16-14)5-24-13-9(12(22)23)19-10(21)8(7(2)20)11(19)25-13/h3-4,6-8,11,17,20H,5H2,1-2H3,(H,22,23)(H2,15,16,18)/t6?,7?,8-,11+/m0/s1. The van der Waals surface area contributed by atoms with E-state index in [2.05, 4.69) is 20.8 Å². The van der Waals surface area contributed by atoms with E-state index in [1.165, 1.54) is 28.4 Å². The summed E-state index contributed by atoms with van der Waals surface area (Å²) in [6.07, 6.45) is 2.53. The molecule has 25 heavy (non-hydrogen) atoms. The Morgan fingerprint density at radius 1 is 1.56 bits per heavy atom. The van der Waals surface area contributed by atoms with Gasteiger partial charge < -0.3 is 15.2 Å². The van der Waals surface area contributed by atoms with Crippen molar-refractivity contribution in [3.8, 4) is 0 Å². The zero-order valence-electron chi connectivity index (χ0n) is 13.6. The van der Waals surface area contributed by atoms with E-state index in [9.17, 15) is 19.8 Å². The number of anilines is 1. The number of aliphatic carboxylic acids is 1. The van der Waals surface area contributed by atoms with Crippen LogP contribution in [0.25, 0.3) is 0 Å².